The number of rotatable bonds is 4. The Kier molecular flexibility index (Phi) is 4.04. The zero-order valence-electron chi connectivity index (χ0n) is 12.5. The standard InChI is InChI=1S/C16H22O4/c1-10(8-13(17)19-4)14(18)12-7-5-6-11-9-16(2,3)20-15(11)12/h5-7,10,14,18H,8-9H2,1-4H3. The molecule has 20 heavy (non-hydrogen) atoms. The molecule has 1 aromatic carbocycles. The number of benzene rings is 1. The van der Waals surface area contributed by atoms with Crippen LogP contribution in [0.4, 0.5) is 0 Å². The lowest BCUT2D eigenvalue weighted by molar-refractivity contribution is -0.142. The minimum Gasteiger partial charge on any atom is -0.487 e. The molecule has 0 aliphatic carbocycles. The molecule has 0 spiro atoms. The first-order valence-electron chi connectivity index (χ1n) is 6.90. The van der Waals surface area contributed by atoms with Gasteiger partial charge in [-0.25, -0.2) is 0 Å². The number of ether oxygens (including phenoxy) is 2. The van der Waals surface area contributed by atoms with Crippen LogP contribution in [0.3, 0.4) is 0 Å². The lowest BCUT2D eigenvalue weighted by Gasteiger charge is -2.22. The number of carbonyl (C=O) groups is 1. The van der Waals surface area contributed by atoms with Crippen molar-refractivity contribution in [2.24, 2.45) is 5.92 Å². The number of hydrogen-bond donors (Lipinski definition) is 1. The van der Waals surface area contributed by atoms with Crippen LogP contribution < -0.4 is 4.74 Å². The molecule has 2 rings (SSSR count). The van der Waals surface area contributed by atoms with E-state index >= 15 is 0 Å². The molecule has 0 saturated heterocycles. The van der Waals surface area contributed by atoms with Crippen LogP contribution in [0.25, 0.3) is 0 Å². The molecular weight excluding hydrogens is 256 g/mol. The SMILES string of the molecule is COC(=O)CC(C)C(O)c1cccc2c1OC(C)(C)C2. The fourth-order valence-electron chi connectivity index (χ4n) is 2.64. The Labute approximate surface area is 119 Å². The highest BCUT2D eigenvalue weighted by Crippen LogP contribution is 2.41. The third kappa shape index (κ3) is 2.96. The Morgan fingerprint density at radius 1 is 1.50 bits per heavy atom. The van der Waals surface area contributed by atoms with E-state index in [1.807, 2.05) is 39.0 Å². The van der Waals surface area contributed by atoms with Crippen LogP contribution in [0, 0.1) is 5.92 Å². The molecule has 1 N–H and O–H groups in total. The molecule has 1 heterocycles. The van der Waals surface area contributed by atoms with E-state index in [0.29, 0.717) is 0 Å². The summed E-state index contributed by atoms with van der Waals surface area (Å²) in [6.07, 6.45) is 0.275. The predicted molar refractivity (Wildman–Crippen MR) is 75.6 cm³/mol. The topological polar surface area (TPSA) is 55.8 Å². The van der Waals surface area contributed by atoms with Crippen LogP contribution in [0.15, 0.2) is 18.2 Å². The smallest absolute Gasteiger partial charge is 0.305 e. The maximum Gasteiger partial charge on any atom is 0.305 e. The summed E-state index contributed by atoms with van der Waals surface area (Å²) in [5.74, 6) is 0.230. The van der Waals surface area contributed by atoms with Crippen molar-refractivity contribution in [1.82, 2.24) is 0 Å². The van der Waals surface area contributed by atoms with Gasteiger partial charge in [0.1, 0.15) is 11.4 Å². The second-order valence-corrected chi connectivity index (χ2v) is 6.08. The number of fused-ring (bicyclic) bond motifs is 1. The monoisotopic (exact) mass is 278 g/mol. The van der Waals surface area contributed by atoms with E-state index in [1.54, 1.807) is 0 Å². The third-order valence-corrected chi connectivity index (χ3v) is 3.70. The number of hydrogen-bond acceptors (Lipinski definition) is 4. The normalized spacial score (nSPS) is 18.9. The molecule has 1 aliphatic rings. The fraction of sp³-hybridized carbons (Fsp3) is 0.562. The molecule has 1 aliphatic heterocycles. The van der Waals surface area contributed by atoms with Crippen molar-refractivity contribution in [2.75, 3.05) is 7.11 Å². The summed E-state index contributed by atoms with van der Waals surface area (Å²) in [4.78, 5) is 11.3. The second kappa shape index (κ2) is 5.44. The highest BCUT2D eigenvalue weighted by atomic mass is 16.5. The lowest BCUT2D eigenvalue weighted by Crippen LogP contribution is -2.25. The summed E-state index contributed by atoms with van der Waals surface area (Å²) < 4.78 is 10.6. The average molecular weight is 278 g/mol. The van der Waals surface area contributed by atoms with Crippen LogP contribution in [-0.4, -0.2) is 23.8 Å². The zero-order chi connectivity index (χ0) is 14.9. The molecule has 0 radical (unpaired) electrons. The quantitative estimate of drug-likeness (QED) is 0.860. The van der Waals surface area contributed by atoms with Gasteiger partial charge in [-0.3, -0.25) is 4.79 Å². The maximum absolute atomic E-state index is 11.3. The number of aliphatic hydroxyl groups is 1. The van der Waals surface area contributed by atoms with Crippen molar-refractivity contribution >= 4 is 5.97 Å². The minimum absolute atomic E-state index is 0.185. The molecule has 0 amide bonds. The van der Waals surface area contributed by atoms with Gasteiger partial charge in [-0.15, -0.1) is 0 Å². The highest BCUT2D eigenvalue weighted by molar-refractivity contribution is 5.69. The number of esters is 1. The van der Waals surface area contributed by atoms with E-state index in [0.717, 1.165) is 23.3 Å². The molecule has 110 valence electrons. The predicted octanol–water partition coefficient (Wildman–Crippen LogP) is 2.63. The van der Waals surface area contributed by atoms with Crippen LogP contribution in [-0.2, 0) is 16.0 Å². The first-order valence-corrected chi connectivity index (χ1v) is 6.90. The highest BCUT2D eigenvalue weighted by Gasteiger charge is 2.34. The molecular formula is C16H22O4. The van der Waals surface area contributed by atoms with E-state index in [2.05, 4.69) is 4.74 Å². The Hall–Kier alpha value is -1.55. The van der Waals surface area contributed by atoms with E-state index in [1.165, 1.54) is 7.11 Å². The van der Waals surface area contributed by atoms with Gasteiger partial charge in [0.15, 0.2) is 0 Å². The molecule has 2 atom stereocenters. The van der Waals surface area contributed by atoms with Crippen molar-refractivity contribution in [1.29, 1.82) is 0 Å². The van der Waals surface area contributed by atoms with E-state index in [4.69, 9.17) is 4.74 Å². The van der Waals surface area contributed by atoms with Gasteiger partial charge < -0.3 is 14.6 Å². The van der Waals surface area contributed by atoms with Crippen LogP contribution in [0.2, 0.25) is 0 Å². The van der Waals surface area contributed by atoms with Gasteiger partial charge in [0, 0.05) is 12.0 Å². The molecule has 0 saturated carbocycles. The molecule has 0 fully saturated rings. The Morgan fingerprint density at radius 2 is 2.20 bits per heavy atom. The van der Waals surface area contributed by atoms with Crippen molar-refractivity contribution in [3.05, 3.63) is 29.3 Å². The second-order valence-electron chi connectivity index (χ2n) is 6.08. The van der Waals surface area contributed by atoms with Crippen molar-refractivity contribution in [2.45, 2.75) is 45.3 Å². The molecule has 4 heteroatoms. The van der Waals surface area contributed by atoms with Gasteiger partial charge in [-0.2, -0.15) is 0 Å². The molecule has 4 nitrogen and oxygen atoms in total. The van der Waals surface area contributed by atoms with Crippen molar-refractivity contribution in [3.63, 3.8) is 0 Å². The Morgan fingerprint density at radius 3 is 2.85 bits per heavy atom. The Balaban J connectivity index is 2.22. The van der Waals surface area contributed by atoms with Gasteiger partial charge in [-0.1, -0.05) is 25.1 Å². The number of aliphatic hydroxyl groups excluding tert-OH is 1. The molecule has 0 bridgehead atoms. The number of carbonyl (C=O) groups excluding carboxylic acids is 1. The van der Waals surface area contributed by atoms with Crippen molar-refractivity contribution < 1.29 is 19.4 Å². The fourth-order valence-corrected chi connectivity index (χ4v) is 2.64. The molecule has 2 unspecified atom stereocenters. The summed E-state index contributed by atoms with van der Waals surface area (Å²) in [5.41, 5.74) is 1.62. The third-order valence-electron chi connectivity index (χ3n) is 3.70. The van der Waals surface area contributed by atoms with Gasteiger partial charge >= 0.3 is 5.97 Å². The zero-order valence-corrected chi connectivity index (χ0v) is 12.5. The molecule has 1 aromatic rings. The van der Waals surface area contributed by atoms with Gasteiger partial charge in [-0.05, 0) is 25.3 Å². The number of methoxy groups -OCH3 is 1. The first-order chi connectivity index (χ1) is 9.34. The summed E-state index contributed by atoms with van der Waals surface area (Å²) in [6, 6.07) is 5.80. The van der Waals surface area contributed by atoms with E-state index < -0.39 is 6.10 Å². The maximum atomic E-state index is 11.3. The van der Waals surface area contributed by atoms with Gasteiger partial charge in [0.2, 0.25) is 0 Å². The Bertz CT molecular complexity index is 507. The first kappa shape index (κ1) is 14.9. The summed E-state index contributed by atoms with van der Waals surface area (Å²) >= 11 is 0. The van der Waals surface area contributed by atoms with Crippen molar-refractivity contribution in [3.8, 4) is 5.75 Å². The molecule has 0 aromatic heterocycles. The summed E-state index contributed by atoms with van der Waals surface area (Å²) in [6.45, 7) is 5.89. The average Bonchev–Trinajstić information content (AvgIpc) is 2.71. The summed E-state index contributed by atoms with van der Waals surface area (Å²) in [7, 11) is 1.35. The van der Waals surface area contributed by atoms with Crippen LogP contribution in [0.5, 0.6) is 5.75 Å². The van der Waals surface area contributed by atoms with Crippen LogP contribution >= 0.6 is 0 Å². The largest absolute Gasteiger partial charge is 0.487 e. The minimum atomic E-state index is -0.738. The van der Waals surface area contributed by atoms with E-state index in [-0.39, 0.29) is 23.9 Å². The summed E-state index contributed by atoms with van der Waals surface area (Å²) in [5, 5.41) is 10.5. The van der Waals surface area contributed by atoms with Gasteiger partial charge in [0.25, 0.3) is 0 Å². The van der Waals surface area contributed by atoms with Gasteiger partial charge in [0.05, 0.1) is 19.6 Å². The lowest BCUT2D eigenvalue weighted by atomic mass is 9.92. The van der Waals surface area contributed by atoms with Crippen LogP contribution in [0.1, 0.15) is 44.4 Å². The van der Waals surface area contributed by atoms with E-state index in [9.17, 15) is 9.90 Å². The number of para-hydroxylation sites is 1.